The highest BCUT2D eigenvalue weighted by atomic mass is 19.1. The molecule has 0 aliphatic heterocycles. The second-order valence-electron chi connectivity index (χ2n) is 9.79. The number of hydrogen-bond acceptors (Lipinski definition) is 5. The number of likely N-dealkylation sites (N-methyl/N-ethyl adjacent to an activating group) is 1. The van der Waals surface area contributed by atoms with Crippen LogP contribution >= 0.6 is 0 Å². The summed E-state index contributed by atoms with van der Waals surface area (Å²) >= 11 is 0. The zero-order valence-electron chi connectivity index (χ0n) is 19.8. The second-order valence-corrected chi connectivity index (χ2v) is 9.79. The Kier molecular flexibility index (Phi) is 8.28. The third-order valence-corrected chi connectivity index (χ3v) is 6.14. The first kappa shape index (κ1) is 25.6. The molecule has 0 radical (unpaired) electrons. The van der Waals surface area contributed by atoms with Gasteiger partial charge in [0.2, 0.25) is 5.91 Å². The Bertz CT molecular complexity index is 984. The largest absolute Gasteiger partial charge is 0.485 e. The van der Waals surface area contributed by atoms with Crippen molar-refractivity contribution in [1.29, 1.82) is 0 Å². The maximum absolute atomic E-state index is 14.2. The Labute approximate surface area is 199 Å². The molecule has 34 heavy (non-hydrogen) atoms. The van der Waals surface area contributed by atoms with Gasteiger partial charge in [0.15, 0.2) is 11.6 Å². The van der Waals surface area contributed by atoms with Crippen LogP contribution < -0.4 is 10.1 Å². The average Bonchev–Trinajstić information content (AvgIpc) is 3.03. The summed E-state index contributed by atoms with van der Waals surface area (Å²) in [6.07, 6.45) is -1.53. The number of nitrogens with one attached hydrogen (secondary N) is 1. The van der Waals surface area contributed by atoms with Crippen LogP contribution in [0, 0.1) is 11.2 Å². The first-order valence-corrected chi connectivity index (χ1v) is 11.4. The summed E-state index contributed by atoms with van der Waals surface area (Å²) in [5.41, 5.74) is 0.324. The van der Waals surface area contributed by atoms with E-state index in [1.807, 2.05) is 42.3 Å². The Hall–Kier alpha value is -2.97. The lowest BCUT2D eigenvalue weighted by molar-refractivity contribution is -0.139. The first-order chi connectivity index (χ1) is 16.1. The fraction of sp³-hybridized carbons (Fsp3) is 0.462. The van der Waals surface area contributed by atoms with Gasteiger partial charge in [0.25, 0.3) is 0 Å². The van der Waals surface area contributed by atoms with Gasteiger partial charge in [-0.15, -0.1) is 0 Å². The quantitative estimate of drug-likeness (QED) is 0.491. The molecule has 0 saturated heterocycles. The number of carbonyl (C=O) groups excluding carboxylic acids is 1. The van der Waals surface area contributed by atoms with Gasteiger partial charge in [-0.05, 0) is 30.2 Å². The number of carboxylic acid groups (broad SMARTS) is 1. The van der Waals surface area contributed by atoms with Crippen LogP contribution in [0.5, 0.6) is 5.75 Å². The number of aliphatic carboxylic acids is 1. The van der Waals surface area contributed by atoms with Crippen LogP contribution in [0.4, 0.5) is 4.39 Å². The predicted octanol–water partition coefficient (Wildman–Crippen LogP) is 3.21. The number of carbonyl (C=O) groups is 2. The molecule has 0 unspecified atom stereocenters. The molecule has 2 aromatic rings. The number of nitrogens with zero attached hydrogens (tertiary/aromatic N) is 1. The standard InChI is InChI=1S/C26H33FN2O5/c1-26(2,15-23(31)32)14-22(30)28-19-13-21(34-20-12-8-7-11-18(20)27)25(33)24(19)29(3)16-17-9-5-4-6-10-17/h4-12,19,21,24-25,33H,13-16H2,1-3H3,(H,28,30)(H,31,32)/t19-,21-,24+,25+/m1/s1. The van der Waals surface area contributed by atoms with E-state index in [4.69, 9.17) is 9.84 Å². The molecule has 1 amide bonds. The van der Waals surface area contributed by atoms with Gasteiger partial charge in [-0.3, -0.25) is 14.5 Å². The summed E-state index contributed by atoms with van der Waals surface area (Å²) in [5.74, 6) is -1.74. The van der Waals surface area contributed by atoms with Crippen molar-refractivity contribution in [2.24, 2.45) is 5.41 Å². The van der Waals surface area contributed by atoms with Gasteiger partial charge >= 0.3 is 5.97 Å². The highest BCUT2D eigenvalue weighted by Gasteiger charge is 2.47. The van der Waals surface area contributed by atoms with Gasteiger partial charge in [0.05, 0.1) is 18.5 Å². The van der Waals surface area contributed by atoms with Crippen molar-refractivity contribution >= 4 is 11.9 Å². The number of hydrogen-bond donors (Lipinski definition) is 3. The van der Waals surface area contributed by atoms with Crippen LogP contribution in [-0.2, 0) is 16.1 Å². The molecule has 2 aromatic carbocycles. The van der Waals surface area contributed by atoms with Gasteiger partial charge in [0, 0.05) is 19.4 Å². The second kappa shape index (κ2) is 11.0. The molecule has 1 aliphatic carbocycles. The molecule has 3 N–H and O–H groups in total. The van der Waals surface area contributed by atoms with Gasteiger partial charge in [0.1, 0.15) is 12.2 Å². The van der Waals surface area contributed by atoms with E-state index in [0.717, 1.165) is 5.56 Å². The molecule has 3 rings (SSSR count). The summed E-state index contributed by atoms with van der Waals surface area (Å²) in [6, 6.07) is 14.8. The van der Waals surface area contributed by atoms with Gasteiger partial charge in [-0.2, -0.15) is 0 Å². The molecule has 4 atom stereocenters. The number of rotatable bonds is 10. The molecule has 184 valence electrons. The number of benzene rings is 2. The van der Waals surface area contributed by atoms with Crippen molar-refractivity contribution in [3.05, 3.63) is 66.0 Å². The molecule has 7 nitrogen and oxygen atoms in total. The normalized spacial score (nSPS) is 22.5. The maximum atomic E-state index is 14.2. The van der Waals surface area contributed by atoms with Crippen LogP contribution in [-0.4, -0.2) is 58.3 Å². The summed E-state index contributed by atoms with van der Waals surface area (Å²) in [5, 5.41) is 23.3. The van der Waals surface area contributed by atoms with E-state index in [0.29, 0.717) is 6.54 Å². The summed E-state index contributed by atoms with van der Waals surface area (Å²) in [4.78, 5) is 25.9. The minimum absolute atomic E-state index is 0.0276. The Morgan fingerprint density at radius 2 is 1.76 bits per heavy atom. The number of aliphatic hydroxyl groups excluding tert-OH is 1. The minimum atomic E-state index is -0.981. The van der Waals surface area contributed by atoms with Gasteiger partial charge in [-0.1, -0.05) is 56.3 Å². The molecule has 8 heteroatoms. The van der Waals surface area contributed by atoms with Crippen molar-refractivity contribution in [2.45, 2.75) is 63.9 Å². The van der Waals surface area contributed by atoms with Crippen molar-refractivity contribution in [3.8, 4) is 5.75 Å². The monoisotopic (exact) mass is 472 g/mol. The van der Waals surface area contributed by atoms with E-state index in [2.05, 4.69) is 5.32 Å². The number of ether oxygens (including phenoxy) is 1. The van der Waals surface area contributed by atoms with Crippen LogP contribution in [0.25, 0.3) is 0 Å². The molecule has 0 heterocycles. The fourth-order valence-corrected chi connectivity index (χ4v) is 4.66. The van der Waals surface area contributed by atoms with E-state index in [-0.39, 0.29) is 30.9 Å². The molecule has 1 saturated carbocycles. The molecule has 1 aliphatic rings. The topological polar surface area (TPSA) is 99.1 Å². The van der Waals surface area contributed by atoms with E-state index < -0.39 is 41.5 Å². The SMILES string of the molecule is CN(Cc1ccccc1)[C@@H]1[C@@H](O)[C@H](Oc2ccccc2F)C[C@H]1NC(=O)CC(C)(C)CC(=O)O. The van der Waals surface area contributed by atoms with Crippen LogP contribution in [0.1, 0.15) is 38.7 Å². The van der Waals surface area contributed by atoms with Crippen LogP contribution in [0.3, 0.4) is 0 Å². The molecule has 0 bridgehead atoms. The third-order valence-electron chi connectivity index (χ3n) is 6.14. The fourth-order valence-electron chi connectivity index (χ4n) is 4.66. The predicted molar refractivity (Wildman–Crippen MR) is 126 cm³/mol. The first-order valence-electron chi connectivity index (χ1n) is 11.4. The van der Waals surface area contributed by atoms with E-state index in [1.54, 1.807) is 26.0 Å². The molecule has 0 aromatic heterocycles. The molecular formula is C26H33FN2O5. The van der Waals surface area contributed by atoms with Crippen LogP contribution in [0.15, 0.2) is 54.6 Å². The van der Waals surface area contributed by atoms with Crippen molar-refractivity contribution in [2.75, 3.05) is 7.05 Å². The van der Waals surface area contributed by atoms with Crippen LogP contribution in [0.2, 0.25) is 0 Å². The van der Waals surface area contributed by atoms with Crippen molar-refractivity contribution in [3.63, 3.8) is 0 Å². The lowest BCUT2D eigenvalue weighted by Crippen LogP contribution is -2.52. The summed E-state index contributed by atoms with van der Waals surface area (Å²) in [7, 11) is 1.86. The lowest BCUT2D eigenvalue weighted by Gasteiger charge is -2.33. The molecular weight excluding hydrogens is 439 g/mol. The number of para-hydroxylation sites is 1. The minimum Gasteiger partial charge on any atom is -0.485 e. The number of aliphatic hydroxyl groups is 1. The van der Waals surface area contributed by atoms with Gasteiger partial charge in [-0.25, -0.2) is 4.39 Å². The van der Waals surface area contributed by atoms with E-state index >= 15 is 0 Å². The van der Waals surface area contributed by atoms with Gasteiger partial charge < -0.3 is 20.3 Å². The molecule has 1 fully saturated rings. The van der Waals surface area contributed by atoms with E-state index in [9.17, 15) is 19.1 Å². The number of amides is 1. The third kappa shape index (κ3) is 6.77. The molecule has 0 spiro atoms. The van der Waals surface area contributed by atoms with Crippen molar-refractivity contribution < 1.29 is 28.9 Å². The Morgan fingerprint density at radius 3 is 2.41 bits per heavy atom. The Balaban J connectivity index is 1.77. The highest BCUT2D eigenvalue weighted by Crippen LogP contribution is 2.31. The summed E-state index contributed by atoms with van der Waals surface area (Å²) in [6.45, 7) is 3.99. The highest BCUT2D eigenvalue weighted by molar-refractivity contribution is 5.78. The smallest absolute Gasteiger partial charge is 0.303 e. The number of carboxylic acids is 1. The Morgan fingerprint density at radius 1 is 1.12 bits per heavy atom. The summed E-state index contributed by atoms with van der Waals surface area (Å²) < 4.78 is 20.0. The average molecular weight is 473 g/mol. The maximum Gasteiger partial charge on any atom is 0.303 e. The number of halogens is 1. The van der Waals surface area contributed by atoms with E-state index in [1.165, 1.54) is 12.1 Å². The lowest BCUT2D eigenvalue weighted by atomic mass is 9.85. The zero-order valence-corrected chi connectivity index (χ0v) is 19.8. The zero-order chi connectivity index (χ0) is 24.9. The van der Waals surface area contributed by atoms with Crippen molar-refractivity contribution in [1.82, 2.24) is 10.2 Å².